The van der Waals surface area contributed by atoms with Crippen LogP contribution in [-0.4, -0.2) is 79.6 Å². The number of aliphatic hydroxyl groups excluding tert-OH is 1. The number of amides is 2. The first-order chi connectivity index (χ1) is 26.7. The third-order valence-electron chi connectivity index (χ3n) is 8.79. The molecule has 14 heteroatoms. The van der Waals surface area contributed by atoms with Gasteiger partial charge in [-0.15, -0.1) is 6.58 Å². The lowest BCUT2D eigenvalue weighted by molar-refractivity contribution is -0.148. The maximum Gasteiger partial charge on any atom is 0.475 e. The van der Waals surface area contributed by atoms with Crippen LogP contribution in [0.4, 0.5) is 0 Å². The van der Waals surface area contributed by atoms with Crippen molar-refractivity contribution in [2.75, 3.05) is 26.4 Å². The molecular formula is C42H81N2O11P. The van der Waals surface area contributed by atoms with E-state index in [0.29, 0.717) is 25.7 Å². The van der Waals surface area contributed by atoms with Crippen molar-refractivity contribution in [1.82, 2.24) is 10.6 Å². The molecular weight excluding hydrogens is 739 g/mol. The molecule has 0 saturated carbocycles. The zero-order valence-electron chi connectivity index (χ0n) is 36.2. The summed E-state index contributed by atoms with van der Waals surface area (Å²) in [6, 6.07) is -0.863. The Labute approximate surface area is 340 Å². The van der Waals surface area contributed by atoms with Gasteiger partial charge < -0.3 is 25.2 Å². The normalized spacial score (nSPS) is 14.2. The highest BCUT2D eigenvalue weighted by Gasteiger charge is 2.29. The maximum atomic E-state index is 12.8. The molecule has 0 radical (unpaired) electrons. The molecule has 0 aliphatic carbocycles. The van der Waals surface area contributed by atoms with Crippen molar-refractivity contribution in [2.45, 2.75) is 208 Å². The van der Waals surface area contributed by atoms with E-state index in [0.717, 1.165) is 38.5 Å². The number of esters is 2. The van der Waals surface area contributed by atoms with Gasteiger partial charge in [-0.1, -0.05) is 117 Å². The summed E-state index contributed by atoms with van der Waals surface area (Å²) < 4.78 is 39.7. The first-order valence-corrected chi connectivity index (χ1v) is 22.9. The van der Waals surface area contributed by atoms with Gasteiger partial charge in [0.05, 0.1) is 38.5 Å². The molecule has 0 aromatic rings. The van der Waals surface area contributed by atoms with Crippen LogP contribution in [0.2, 0.25) is 0 Å². The lowest BCUT2D eigenvalue weighted by Crippen LogP contribution is -2.40. The van der Waals surface area contributed by atoms with E-state index in [2.05, 4.69) is 31.1 Å². The lowest BCUT2D eigenvalue weighted by atomic mass is 10.0. The minimum absolute atomic E-state index is 0.0142. The quantitative estimate of drug-likeness (QED) is 0.0238. The fraction of sp³-hybridized carbons (Fsp3) is 0.857. The number of ether oxygens (including phenoxy) is 2. The number of hydrogen-bond donors (Lipinski definition) is 3. The average Bonchev–Trinajstić information content (AvgIpc) is 3.13. The Bertz CT molecular complexity index is 1060. The fourth-order valence-electron chi connectivity index (χ4n) is 6.13. The second-order valence-electron chi connectivity index (χ2n) is 14.6. The molecule has 0 saturated heterocycles. The van der Waals surface area contributed by atoms with Crippen LogP contribution in [0.5, 0.6) is 0 Å². The highest BCUT2D eigenvalue weighted by atomic mass is 31.2. The first-order valence-electron chi connectivity index (χ1n) is 21.4. The minimum atomic E-state index is -3.79. The predicted molar refractivity (Wildman–Crippen MR) is 223 cm³/mol. The zero-order chi connectivity index (χ0) is 42.5. The summed E-state index contributed by atoms with van der Waals surface area (Å²) in [6.07, 6.45) is 23.1. The molecule has 0 spiro atoms. The number of unbranched alkanes of at least 4 members (excludes halogenated alkanes) is 14. The van der Waals surface area contributed by atoms with Crippen LogP contribution >= 0.6 is 7.82 Å². The van der Waals surface area contributed by atoms with Crippen molar-refractivity contribution in [2.24, 2.45) is 0 Å². The Hall–Kier alpha value is -2.31. The topological polar surface area (TPSA) is 176 Å². The third-order valence-corrected chi connectivity index (χ3v) is 10.2. The van der Waals surface area contributed by atoms with Crippen LogP contribution in [0.3, 0.4) is 0 Å². The lowest BCUT2D eigenvalue weighted by Gasteiger charge is -2.25. The number of nitrogens with one attached hydrogen (secondary N) is 2. The molecule has 5 unspecified atom stereocenters. The molecule has 0 aromatic heterocycles. The van der Waals surface area contributed by atoms with Crippen LogP contribution in [0.15, 0.2) is 12.7 Å². The van der Waals surface area contributed by atoms with Gasteiger partial charge in [0.25, 0.3) is 0 Å². The molecule has 13 nitrogen and oxygen atoms in total. The molecule has 0 fully saturated rings. The van der Waals surface area contributed by atoms with E-state index in [4.69, 9.17) is 23.0 Å². The SMILES string of the molecule is C=CCOP(=O)(OCCC)OCC(CC(CCCCCCCCCC)OC(C)=O)NC(C)=O.CCCCCCCCCCC(CC(CO)NC(C)=O)OC(C)=O. The Balaban J connectivity index is 0. The van der Waals surface area contributed by atoms with E-state index in [9.17, 15) is 28.8 Å². The van der Waals surface area contributed by atoms with Gasteiger partial charge in [-0.3, -0.25) is 32.7 Å². The number of rotatable bonds is 36. The summed E-state index contributed by atoms with van der Waals surface area (Å²) in [5, 5.41) is 14.8. The average molecular weight is 821 g/mol. The van der Waals surface area contributed by atoms with Gasteiger partial charge >= 0.3 is 19.8 Å². The van der Waals surface area contributed by atoms with Crippen LogP contribution < -0.4 is 10.6 Å². The minimum Gasteiger partial charge on any atom is -0.462 e. The van der Waals surface area contributed by atoms with Gasteiger partial charge in [0.2, 0.25) is 11.8 Å². The van der Waals surface area contributed by atoms with Gasteiger partial charge in [0.15, 0.2) is 0 Å². The predicted octanol–water partition coefficient (Wildman–Crippen LogP) is 9.43. The van der Waals surface area contributed by atoms with Crippen LogP contribution in [0.1, 0.15) is 183 Å². The molecule has 2 amide bonds. The number of carbonyl (C=O) groups is 4. The van der Waals surface area contributed by atoms with Crippen molar-refractivity contribution < 1.29 is 51.9 Å². The van der Waals surface area contributed by atoms with E-state index in [1.165, 1.54) is 104 Å². The maximum absolute atomic E-state index is 12.8. The van der Waals surface area contributed by atoms with Crippen molar-refractivity contribution in [3.8, 4) is 0 Å². The standard InChI is InChI=1S/C24H46NO7P.C18H35NO4/c1-6-9-10-11-12-13-14-15-16-24(32-22(5)27)19-23(25-21(4)26)20-31-33(28,29-17-7-2)30-18-8-3;1-4-5-6-7-8-9-10-11-12-18(23-16(3)22)13-17(14-20)19-15(2)21/h7,23-24H,2,6,8-20H2,1,3-5H3,(H,25,26);17-18,20H,4-14H2,1-3H3,(H,19,21). The van der Waals surface area contributed by atoms with Crippen LogP contribution in [0.25, 0.3) is 0 Å². The number of hydrogen-bond acceptors (Lipinski definition) is 11. The smallest absolute Gasteiger partial charge is 0.462 e. The number of carbonyl (C=O) groups excluding carboxylic acids is 4. The Morgan fingerprint density at radius 3 is 1.39 bits per heavy atom. The number of aliphatic hydroxyl groups is 1. The number of phosphoric ester groups is 1. The molecule has 0 aromatic carbocycles. The second-order valence-corrected chi connectivity index (χ2v) is 16.3. The van der Waals surface area contributed by atoms with E-state index >= 15 is 0 Å². The van der Waals surface area contributed by atoms with Crippen LogP contribution in [-0.2, 0) is 46.8 Å². The molecule has 0 aliphatic heterocycles. The second kappa shape index (κ2) is 38.2. The van der Waals surface area contributed by atoms with E-state index in [1.54, 1.807) is 0 Å². The molecule has 5 atom stereocenters. The first kappa shape index (κ1) is 55.8. The third kappa shape index (κ3) is 37.3. The summed E-state index contributed by atoms with van der Waals surface area (Å²) in [6.45, 7) is 15.4. The van der Waals surface area contributed by atoms with Gasteiger partial charge in [0, 0.05) is 40.5 Å². The Kier molecular flexibility index (Phi) is 38.1. The Morgan fingerprint density at radius 2 is 1.02 bits per heavy atom. The summed E-state index contributed by atoms with van der Waals surface area (Å²) >= 11 is 0. The highest BCUT2D eigenvalue weighted by molar-refractivity contribution is 7.48. The van der Waals surface area contributed by atoms with E-state index < -0.39 is 13.9 Å². The number of phosphoric acid groups is 1. The molecule has 0 bridgehead atoms. The Morgan fingerprint density at radius 1 is 0.607 bits per heavy atom. The van der Waals surface area contributed by atoms with E-state index in [1.807, 2.05) is 6.92 Å². The fourth-order valence-corrected chi connectivity index (χ4v) is 7.41. The monoisotopic (exact) mass is 821 g/mol. The summed E-state index contributed by atoms with van der Waals surface area (Å²) in [5.74, 6) is -1.12. The van der Waals surface area contributed by atoms with Crippen molar-refractivity contribution in [3.63, 3.8) is 0 Å². The zero-order valence-corrected chi connectivity index (χ0v) is 37.1. The van der Waals surface area contributed by atoms with Crippen molar-refractivity contribution in [3.05, 3.63) is 12.7 Å². The molecule has 0 heterocycles. The largest absolute Gasteiger partial charge is 0.475 e. The summed E-state index contributed by atoms with van der Waals surface area (Å²) in [5.41, 5.74) is 0. The molecule has 56 heavy (non-hydrogen) atoms. The van der Waals surface area contributed by atoms with Gasteiger partial charge in [-0.05, 0) is 32.1 Å². The van der Waals surface area contributed by atoms with Crippen molar-refractivity contribution >= 4 is 31.6 Å². The summed E-state index contributed by atoms with van der Waals surface area (Å²) in [4.78, 5) is 45.6. The van der Waals surface area contributed by atoms with Crippen molar-refractivity contribution in [1.29, 1.82) is 0 Å². The summed E-state index contributed by atoms with van der Waals surface area (Å²) in [7, 11) is -3.79. The molecule has 0 aliphatic rings. The van der Waals surface area contributed by atoms with E-state index in [-0.39, 0.29) is 68.4 Å². The molecule has 3 N–H and O–H groups in total. The van der Waals surface area contributed by atoms with Crippen LogP contribution in [0, 0.1) is 0 Å². The molecule has 0 rings (SSSR count). The highest BCUT2D eigenvalue weighted by Crippen LogP contribution is 2.49. The molecule has 330 valence electrons. The van der Waals surface area contributed by atoms with Gasteiger partial charge in [0.1, 0.15) is 12.2 Å². The van der Waals surface area contributed by atoms with Gasteiger partial charge in [-0.25, -0.2) is 4.57 Å². The van der Waals surface area contributed by atoms with Gasteiger partial charge in [-0.2, -0.15) is 0 Å².